The van der Waals surface area contributed by atoms with Crippen LogP contribution >= 0.6 is 7.82 Å². The standard InChI is InChI=1S/C55H97N2O7P/c1-7-10-13-16-19-22-25-27-28-30-32-35-38-41-44-47-54(58)56-52(51-63-65(60,61)62-50-49-57(4,5)6)53(46-43-40-37-34-31-24-21-18-15-12-9-3)64-55(59)48-45-42-39-36-33-29-26-23-20-17-14-11-8-2/h10-11,13-14,16-17,19-20,22-23,25-26,43,46,52-53H,7-9,12,15,18,21,24,27-42,44-45,47-51H2,1-6H3,(H-,56,58,60,61)/b13-10+,14-11+,19-16+,20-17+,25-22+,26-23-,46-43+. The molecule has 0 saturated heterocycles. The number of esters is 1. The highest BCUT2D eigenvalue weighted by atomic mass is 31.2. The molecule has 374 valence electrons. The lowest BCUT2D eigenvalue weighted by Gasteiger charge is -2.30. The Balaban J connectivity index is 5.46. The highest BCUT2D eigenvalue weighted by Crippen LogP contribution is 2.38. The maximum Gasteiger partial charge on any atom is 0.306 e. The molecule has 0 fully saturated rings. The fraction of sp³-hybridized carbons (Fsp3) is 0.709. The lowest BCUT2D eigenvalue weighted by molar-refractivity contribution is -0.870. The number of nitrogens with one attached hydrogen (secondary N) is 1. The number of ether oxygens (including phenoxy) is 1. The summed E-state index contributed by atoms with van der Waals surface area (Å²) in [6.07, 6.45) is 56.9. The van der Waals surface area contributed by atoms with Crippen LogP contribution in [0.5, 0.6) is 0 Å². The third kappa shape index (κ3) is 46.1. The summed E-state index contributed by atoms with van der Waals surface area (Å²) in [4.78, 5) is 39.7. The summed E-state index contributed by atoms with van der Waals surface area (Å²) in [5.41, 5.74) is 0. The van der Waals surface area contributed by atoms with Crippen molar-refractivity contribution in [3.8, 4) is 0 Å². The molecule has 0 rings (SSSR count). The van der Waals surface area contributed by atoms with E-state index in [0.29, 0.717) is 23.9 Å². The van der Waals surface area contributed by atoms with Crippen LogP contribution in [0.3, 0.4) is 0 Å². The maximum atomic E-state index is 13.4. The minimum atomic E-state index is -4.70. The van der Waals surface area contributed by atoms with Crippen LogP contribution in [0, 0.1) is 0 Å². The van der Waals surface area contributed by atoms with E-state index in [1.807, 2.05) is 39.4 Å². The van der Waals surface area contributed by atoms with E-state index in [9.17, 15) is 19.0 Å². The van der Waals surface area contributed by atoms with Crippen molar-refractivity contribution in [2.75, 3.05) is 40.9 Å². The first-order valence-electron chi connectivity index (χ1n) is 26.0. The van der Waals surface area contributed by atoms with Crippen LogP contribution in [-0.4, -0.2) is 69.4 Å². The van der Waals surface area contributed by atoms with Crippen molar-refractivity contribution in [2.24, 2.45) is 0 Å². The van der Waals surface area contributed by atoms with Crippen molar-refractivity contribution in [3.63, 3.8) is 0 Å². The second-order valence-corrected chi connectivity index (χ2v) is 19.8. The van der Waals surface area contributed by atoms with Crippen LogP contribution in [0.25, 0.3) is 0 Å². The van der Waals surface area contributed by atoms with Gasteiger partial charge in [0.1, 0.15) is 19.3 Å². The molecular weight excluding hydrogens is 832 g/mol. The van der Waals surface area contributed by atoms with Crippen LogP contribution in [0.1, 0.15) is 201 Å². The predicted molar refractivity (Wildman–Crippen MR) is 274 cm³/mol. The van der Waals surface area contributed by atoms with E-state index in [0.717, 1.165) is 96.3 Å². The Morgan fingerprint density at radius 1 is 0.554 bits per heavy atom. The number of carbonyl (C=O) groups is 2. The number of phosphoric ester groups is 1. The van der Waals surface area contributed by atoms with Crippen LogP contribution in [0.15, 0.2) is 85.1 Å². The highest BCUT2D eigenvalue weighted by Gasteiger charge is 2.27. The number of amides is 1. The number of phosphoric acid groups is 1. The first-order valence-corrected chi connectivity index (χ1v) is 27.4. The Kier molecular flexibility index (Phi) is 43.1. The molecule has 0 aliphatic heterocycles. The van der Waals surface area contributed by atoms with Gasteiger partial charge in [-0.05, 0) is 70.3 Å². The monoisotopic (exact) mass is 929 g/mol. The molecule has 3 unspecified atom stereocenters. The summed E-state index contributed by atoms with van der Waals surface area (Å²) in [5, 5.41) is 2.99. The van der Waals surface area contributed by atoms with Gasteiger partial charge in [0, 0.05) is 12.8 Å². The molecule has 10 heteroatoms. The largest absolute Gasteiger partial charge is 0.756 e. The highest BCUT2D eigenvalue weighted by molar-refractivity contribution is 7.45. The van der Waals surface area contributed by atoms with E-state index in [4.69, 9.17) is 13.8 Å². The summed E-state index contributed by atoms with van der Waals surface area (Å²) in [5.74, 6) is -0.588. The third-order valence-electron chi connectivity index (χ3n) is 10.9. The third-order valence-corrected chi connectivity index (χ3v) is 11.9. The summed E-state index contributed by atoms with van der Waals surface area (Å²) >= 11 is 0. The number of nitrogens with zero attached hydrogens (tertiary/aromatic N) is 1. The van der Waals surface area contributed by atoms with Gasteiger partial charge in [-0.15, -0.1) is 0 Å². The smallest absolute Gasteiger partial charge is 0.306 e. The van der Waals surface area contributed by atoms with Crippen molar-refractivity contribution in [1.82, 2.24) is 5.32 Å². The molecule has 1 amide bonds. The molecule has 0 aromatic carbocycles. The molecule has 1 N–H and O–H groups in total. The van der Waals surface area contributed by atoms with Gasteiger partial charge in [0.2, 0.25) is 5.91 Å². The van der Waals surface area contributed by atoms with Crippen LogP contribution in [0.4, 0.5) is 0 Å². The average Bonchev–Trinajstić information content (AvgIpc) is 3.26. The van der Waals surface area contributed by atoms with Crippen LogP contribution in [-0.2, 0) is 27.9 Å². The van der Waals surface area contributed by atoms with E-state index in [2.05, 4.69) is 92.9 Å². The molecule has 0 aliphatic rings. The normalized spacial score (nSPS) is 14.6. The SMILES string of the molecule is CC/C=C/C=C/C=C\CCCCCCCC(=O)OC(/C=C/CCCCCCCCCCC)C(COP(=O)([O-])OCC[N+](C)(C)C)NC(=O)CCCCCCCCC/C=C/C=C/C=C/CC. The zero-order valence-corrected chi connectivity index (χ0v) is 43.3. The van der Waals surface area contributed by atoms with Gasteiger partial charge in [-0.2, -0.15) is 0 Å². The van der Waals surface area contributed by atoms with Crippen LogP contribution in [0.2, 0.25) is 0 Å². The van der Waals surface area contributed by atoms with Gasteiger partial charge < -0.3 is 28.5 Å². The summed E-state index contributed by atoms with van der Waals surface area (Å²) in [6, 6.07) is -0.905. The number of rotatable bonds is 45. The molecule has 0 saturated carbocycles. The van der Waals surface area contributed by atoms with Crippen LogP contribution < -0.4 is 10.2 Å². The average molecular weight is 929 g/mol. The fourth-order valence-electron chi connectivity index (χ4n) is 6.93. The summed E-state index contributed by atoms with van der Waals surface area (Å²) < 4.78 is 30.1. The van der Waals surface area contributed by atoms with Gasteiger partial charge >= 0.3 is 5.97 Å². The fourth-order valence-corrected chi connectivity index (χ4v) is 7.65. The molecule has 3 atom stereocenters. The lowest BCUT2D eigenvalue weighted by atomic mass is 10.1. The Morgan fingerprint density at radius 3 is 1.46 bits per heavy atom. The van der Waals surface area contributed by atoms with Gasteiger partial charge in [-0.3, -0.25) is 14.2 Å². The number of likely N-dealkylation sites (N-methyl/N-ethyl adjacent to an activating group) is 1. The zero-order valence-electron chi connectivity index (χ0n) is 42.4. The number of quaternary nitrogens is 1. The van der Waals surface area contributed by atoms with E-state index in [-0.39, 0.29) is 24.9 Å². The minimum Gasteiger partial charge on any atom is -0.756 e. The molecular formula is C55H97N2O7P. The molecule has 65 heavy (non-hydrogen) atoms. The first kappa shape index (κ1) is 62.2. The second-order valence-electron chi connectivity index (χ2n) is 18.4. The molecule has 0 aliphatic carbocycles. The number of unbranched alkanes of at least 4 members (excludes halogenated alkanes) is 21. The van der Waals surface area contributed by atoms with Crippen molar-refractivity contribution < 1.29 is 37.3 Å². The van der Waals surface area contributed by atoms with Crippen molar-refractivity contribution in [2.45, 2.75) is 213 Å². The topological polar surface area (TPSA) is 114 Å². The Bertz CT molecular complexity index is 1390. The molecule has 0 spiro atoms. The number of carbonyl (C=O) groups excluding carboxylic acids is 2. The Labute approximate surface area is 399 Å². The molecule has 9 nitrogen and oxygen atoms in total. The van der Waals surface area contributed by atoms with E-state index in [1.165, 1.54) is 64.2 Å². The van der Waals surface area contributed by atoms with E-state index < -0.39 is 26.6 Å². The summed E-state index contributed by atoms with van der Waals surface area (Å²) in [6.45, 7) is 6.52. The molecule has 0 bridgehead atoms. The quantitative estimate of drug-likeness (QED) is 0.0162. The van der Waals surface area contributed by atoms with Gasteiger partial charge in [-0.25, -0.2) is 0 Å². The Hall–Kier alpha value is -2.81. The van der Waals surface area contributed by atoms with Gasteiger partial charge in [0.05, 0.1) is 33.8 Å². The molecule has 0 aromatic rings. The van der Waals surface area contributed by atoms with Gasteiger partial charge in [-0.1, -0.05) is 202 Å². The zero-order chi connectivity index (χ0) is 48.0. The van der Waals surface area contributed by atoms with E-state index >= 15 is 0 Å². The number of hydrogen-bond donors (Lipinski definition) is 1. The second kappa shape index (κ2) is 45.0. The Morgan fingerprint density at radius 2 is 0.985 bits per heavy atom. The van der Waals surface area contributed by atoms with E-state index in [1.54, 1.807) is 0 Å². The maximum absolute atomic E-state index is 13.4. The van der Waals surface area contributed by atoms with Gasteiger partial charge in [0.15, 0.2) is 0 Å². The van der Waals surface area contributed by atoms with Crippen molar-refractivity contribution in [3.05, 3.63) is 85.1 Å². The summed E-state index contributed by atoms with van der Waals surface area (Å²) in [7, 11) is 1.15. The lowest BCUT2D eigenvalue weighted by Crippen LogP contribution is -2.47. The van der Waals surface area contributed by atoms with Crippen molar-refractivity contribution in [1.29, 1.82) is 0 Å². The van der Waals surface area contributed by atoms with Gasteiger partial charge in [0.25, 0.3) is 7.82 Å². The molecule has 0 radical (unpaired) electrons. The minimum absolute atomic E-state index is 0.0325. The number of hydrogen-bond acceptors (Lipinski definition) is 7. The molecule has 0 aromatic heterocycles. The predicted octanol–water partition coefficient (Wildman–Crippen LogP) is 14.5. The first-order chi connectivity index (χ1) is 31.4. The number of allylic oxidation sites excluding steroid dienone is 13. The molecule has 0 heterocycles. The van der Waals surface area contributed by atoms with Crippen molar-refractivity contribution >= 4 is 19.7 Å².